The number of likely N-dealkylation sites (N-methyl/N-ethyl adjacent to an activating group) is 1. The molecule has 3 heteroatoms. The van der Waals surface area contributed by atoms with Crippen molar-refractivity contribution in [3.63, 3.8) is 0 Å². The molecular formula is C18H31N3. The molecule has 3 rings (SSSR count). The minimum atomic E-state index is 0.628. The minimum Gasteiger partial charge on any atom is -0.308 e. The number of rotatable bonds is 3. The molecule has 2 heterocycles. The van der Waals surface area contributed by atoms with E-state index in [0.717, 1.165) is 6.54 Å². The molecule has 1 fully saturated rings. The van der Waals surface area contributed by atoms with Crippen LogP contribution in [0.4, 0.5) is 0 Å². The van der Waals surface area contributed by atoms with Gasteiger partial charge in [-0.3, -0.25) is 4.90 Å². The second-order valence-electron chi connectivity index (χ2n) is 5.79. The zero-order valence-electron chi connectivity index (χ0n) is 13.9. The normalized spacial score (nSPS) is 23.1. The van der Waals surface area contributed by atoms with Crippen molar-refractivity contribution in [3.8, 4) is 0 Å². The highest BCUT2D eigenvalue weighted by Gasteiger charge is 2.22. The van der Waals surface area contributed by atoms with Crippen molar-refractivity contribution in [2.24, 2.45) is 0 Å². The Labute approximate surface area is 130 Å². The number of hydrogen-bond donors (Lipinski definition) is 1. The van der Waals surface area contributed by atoms with E-state index in [1.54, 1.807) is 5.56 Å². The lowest BCUT2D eigenvalue weighted by Gasteiger charge is -2.37. The first-order valence-corrected chi connectivity index (χ1v) is 8.60. The van der Waals surface area contributed by atoms with E-state index in [2.05, 4.69) is 46.3 Å². The molecule has 0 saturated carbocycles. The maximum absolute atomic E-state index is 3.69. The molecule has 0 unspecified atom stereocenters. The smallest absolute Gasteiger partial charge is 0.0238 e. The van der Waals surface area contributed by atoms with Crippen LogP contribution < -0.4 is 5.32 Å². The summed E-state index contributed by atoms with van der Waals surface area (Å²) in [7, 11) is 0. The van der Waals surface area contributed by atoms with E-state index in [0.29, 0.717) is 6.04 Å². The van der Waals surface area contributed by atoms with Crippen molar-refractivity contribution < 1.29 is 0 Å². The average molecular weight is 289 g/mol. The van der Waals surface area contributed by atoms with Crippen LogP contribution in [0.3, 0.4) is 0 Å². The second-order valence-corrected chi connectivity index (χ2v) is 5.79. The molecule has 1 atom stereocenters. The molecule has 21 heavy (non-hydrogen) atoms. The fraction of sp³-hybridized carbons (Fsp3) is 0.667. The molecular weight excluding hydrogens is 258 g/mol. The van der Waals surface area contributed by atoms with Crippen molar-refractivity contribution in [2.45, 2.75) is 39.8 Å². The molecule has 0 spiro atoms. The molecule has 0 radical (unpaired) electrons. The SMILES string of the molecule is CC.CCN1CCN(C[C@@H]2Cc3ccccc3CN2)CC1. The number of hydrogen-bond acceptors (Lipinski definition) is 3. The van der Waals surface area contributed by atoms with E-state index in [4.69, 9.17) is 0 Å². The molecule has 2 aliphatic heterocycles. The summed E-state index contributed by atoms with van der Waals surface area (Å²) in [6.07, 6.45) is 1.18. The van der Waals surface area contributed by atoms with Crippen LogP contribution in [0.25, 0.3) is 0 Å². The van der Waals surface area contributed by atoms with Crippen molar-refractivity contribution in [3.05, 3.63) is 35.4 Å². The van der Waals surface area contributed by atoms with Gasteiger partial charge in [0.15, 0.2) is 0 Å². The van der Waals surface area contributed by atoms with Gasteiger partial charge in [0, 0.05) is 45.3 Å². The average Bonchev–Trinajstić information content (AvgIpc) is 2.57. The number of nitrogens with zero attached hydrogens (tertiary/aromatic N) is 2. The van der Waals surface area contributed by atoms with Crippen molar-refractivity contribution in [2.75, 3.05) is 39.3 Å². The minimum absolute atomic E-state index is 0.628. The van der Waals surface area contributed by atoms with Gasteiger partial charge in [0.05, 0.1) is 0 Å². The van der Waals surface area contributed by atoms with Crippen LogP contribution in [-0.2, 0) is 13.0 Å². The van der Waals surface area contributed by atoms with Gasteiger partial charge >= 0.3 is 0 Å². The zero-order chi connectivity index (χ0) is 15.1. The Balaban J connectivity index is 0.000000774. The maximum Gasteiger partial charge on any atom is 0.0238 e. The quantitative estimate of drug-likeness (QED) is 0.921. The van der Waals surface area contributed by atoms with Crippen LogP contribution in [0, 0.1) is 0 Å². The van der Waals surface area contributed by atoms with Crippen LogP contribution in [0.1, 0.15) is 31.9 Å². The predicted molar refractivity (Wildman–Crippen MR) is 90.7 cm³/mol. The summed E-state index contributed by atoms with van der Waals surface area (Å²) in [5, 5.41) is 3.69. The number of benzene rings is 1. The van der Waals surface area contributed by atoms with E-state index in [1.807, 2.05) is 13.8 Å². The van der Waals surface area contributed by atoms with E-state index < -0.39 is 0 Å². The van der Waals surface area contributed by atoms with Crippen molar-refractivity contribution in [1.29, 1.82) is 0 Å². The van der Waals surface area contributed by atoms with Crippen LogP contribution in [0.2, 0.25) is 0 Å². The van der Waals surface area contributed by atoms with E-state index in [-0.39, 0.29) is 0 Å². The lowest BCUT2D eigenvalue weighted by molar-refractivity contribution is 0.126. The molecule has 2 aliphatic rings. The monoisotopic (exact) mass is 289 g/mol. The van der Waals surface area contributed by atoms with Crippen LogP contribution in [0.15, 0.2) is 24.3 Å². The van der Waals surface area contributed by atoms with Crippen molar-refractivity contribution >= 4 is 0 Å². The van der Waals surface area contributed by atoms with Crippen LogP contribution >= 0.6 is 0 Å². The Morgan fingerprint density at radius 2 is 1.62 bits per heavy atom. The molecule has 1 N–H and O–H groups in total. The molecule has 0 aliphatic carbocycles. The fourth-order valence-corrected chi connectivity index (χ4v) is 3.25. The Kier molecular flexibility index (Phi) is 6.68. The van der Waals surface area contributed by atoms with E-state index >= 15 is 0 Å². The molecule has 3 nitrogen and oxygen atoms in total. The third kappa shape index (κ3) is 4.53. The first-order chi connectivity index (χ1) is 10.3. The van der Waals surface area contributed by atoms with Gasteiger partial charge in [0.25, 0.3) is 0 Å². The molecule has 1 aromatic rings. The summed E-state index contributed by atoms with van der Waals surface area (Å²) in [4.78, 5) is 5.16. The van der Waals surface area contributed by atoms with E-state index in [9.17, 15) is 0 Å². The third-order valence-corrected chi connectivity index (χ3v) is 4.56. The largest absolute Gasteiger partial charge is 0.308 e. The van der Waals surface area contributed by atoms with Gasteiger partial charge in [-0.05, 0) is 24.1 Å². The lowest BCUT2D eigenvalue weighted by atomic mass is 9.95. The van der Waals surface area contributed by atoms with Gasteiger partial charge in [0.2, 0.25) is 0 Å². The summed E-state index contributed by atoms with van der Waals surface area (Å²) >= 11 is 0. The molecule has 1 saturated heterocycles. The highest BCUT2D eigenvalue weighted by Crippen LogP contribution is 2.17. The van der Waals surface area contributed by atoms with Gasteiger partial charge in [-0.2, -0.15) is 0 Å². The number of fused-ring (bicyclic) bond motifs is 1. The lowest BCUT2D eigenvalue weighted by Crippen LogP contribution is -2.51. The highest BCUT2D eigenvalue weighted by atomic mass is 15.3. The molecule has 0 bridgehead atoms. The summed E-state index contributed by atoms with van der Waals surface area (Å²) in [6.45, 7) is 14.6. The number of piperazine rings is 1. The van der Waals surface area contributed by atoms with Crippen molar-refractivity contribution in [1.82, 2.24) is 15.1 Å². The Morgan fingerprint density at radius 1 is 1.00 bits per heavy atom. The van der Waals surface area contributed by atoms with Crippen LogP contribution in [-0.4, -0.2) is 55.1 Å². The van der Waals surface area contributed by atoms with Gasteiger partial charge in [-0.25, -0.2) is 0 Å². The third-order valence-electron chi connectivity index (χ3n) is 4.56. The van der Waals surface area contributed by atoms with Gasteiger partial charge in [-0.15, -0.1) is 0 Å². The standard InChI is InChI=1S/C16H25N3.C2H6/c1-2-18-7-9-19(10-8-18)13-16-11-14-5-3-4-6-15(14)12-17-16;1-2/h3-6,16-17H,2,7-13H2,1H3;1-2H3/t16-;/m0./s1. The van der Waals surface area contributed by atoms with Gasteiger partial charge < -0.3 is 10.2 Å². The molecule has 0 aromatic heterocycles. The molecule has 1 aromatic carbocycles. The molecule has 0 amide bonds. The number of nitrogens with one attached hydrogen (secondary N) is 1. The predicted octanol–water partition coefficient (Wildman–Crippen LogP) is 2.36. The first-order valence-electron chi connectivity index (χ1n) is 8.60. The summed E-state index contributed by atoms with van der Waals surface area (Å²) in [6, 6.07) is 9.48. The molecule has 118 valence electrons. The Hall–Kier alpha value is -0.900. The van der Waals surface area contributed by atoms with Gasteiger partial charge in [-0.1, -0.05) is 45.0 Å². The summed E-state index contributed by atoms with van der Waals surface area (Å²) in [5.74, 6) is 0. The van der Waals surface area contributed by atoms with Crippen LogP contribution in [0.5, 0.6) is 0 Å². The topological polar surface area (TPSA) is 18.5 Å². The highest BCUT2D eigenvalue weighted by molar-refractivity contribution is 5.29. The summed E-state index contributed by atoms with van der Waals surface area (Å²) in [5.41, 5.74) is 3.02. The zero-order valence-corrected chi connectivity index (χ0v) is 13.9. The fourth-order valence-electron chi connectivity index (χ4n) is 3.25. The first kappa shape index (κ1) is 16.5. The summed E-state index contributed by atoms with van der Waals surface area (Å²) < 4.78 is 0. The van der Waals surface area contributed by atoms with E-state index in [1.165, 1.54) is 51.3 Å². The Bertz CT molecular complexity index is 411. The Morgan fingerprint density at radius 3 is 2.29 bits per heavy atom. The second kappa shape index (κ2) is 8.52. The maximum atomic E-state index is 3.69. The van der Waals surface area contributed by atoms with Gasteiger partial charge in [0.1, 0.15) is 0 Å².